The first-order valence-corrected chi connectivity index (χ1v) is 13.1. The van der Waals surface area contributed by atoms with Gasteiger partial charge in [0.1, 0.15) is 0 Å². The van der Waals surface area contributed by atoms with Gasteiger partial charge in [0.2, 0.25) is 0 Å². The van der Waals surface area contributed by atoms with E-state index in [4.69, 9.17) is 4.74 Å². The van der Waals surface area contributed by atoms with Crippen molar-refractivity contribution < 1.29 is 4.74 Å². The summed E-state index contributed by atoms with van der Waals surface area (Å²) >= 11 is 0. The van der Waals surface area contributed by atoms with Crippen LogP contribution in [0.15, 0.2) is 48.7 Å². The molecule has 0 amide bonds. The molecule has 0 bridgehead atoms. The zero-order valence-electron chi connectivity index (χ0n) is 21.1. The lowest BCUT2D eigenvalue weighted by Gasteiger charge is -2.38. The third-order valence-corrected chi connectivity index (χ3v) is 7.56. The number of H-pyrrole nitrogens is 1. The molecule has 182 valence electrons. The average molecular weight is 461 g/mol. The number of nitrogens with one attached hydrogen (secondary N) is 1. The maximum absolute atomic E-state index is 5.97. The van der Waals surface area contributed by atoms with Crippen LogP contribution >= 0.6 is 0 Å². The van der Waals surface area contributed by atoms with E-state index in [0.29, 0.717) is 0 Å². The first kappa shape index (κ1) is 23.3. The van der Waals surface area contributed by atoms with Crippen LogP contribution in [-0.2, 0) is 11.2 Å². The van der Waals surface area contributed by atoms with Gasteiger partial charge in [-0.05, 0) is 82.4 Å². The molecule has 0 spiro atoms. The lowest BCUT2D eigenvalue weighted by Crippen LogP contribution is -2.45. The van der Waals surface area contributed by atoms with E-state index in [1.807, 2.05) is 0 Å². The van der Waals surface area contributed by atoms with Crippen LogP contribution in [0.1, 0.15) is 37.8 Å². The summed E-state index contributed by atoms with van der Waals surface area (Å²) in [6, 6.07) is 15.5. The highest BCUT2D eigenvalue weighted by Gasteiger charge is 2.25. The highest BCUT2D eigenvalue weighted by molar-refractivity contribution is 5.83. The summed E-state index contributed by atoms with van der Waals surface area (Å²) in [5.41, 5.74) is 6.90. The number of rotatable bonds is 6. The third-order valence-electron chi connectivity index (χ3n) is 7.56. The minimum absolute atomic E-state index is 0.280. The minimum Gasteiger partial charge on any atom is -0.372 e. The topological polar surface area (TPSA) is 34.7 Å². The van der Waals surface area contributed by atoms with Crippen molar-refractivity contribution in [2.45, 2.75) is 52.2 Å². The molecule has 5 rings (SSSR count). The zero-order chi connectivity index (χ0) is 23.5. The number of anilines is 2. The van der Waals surface area contributed by atoms with E-state index < -0.39 is 0 Å². The Bertz CT molecular complexity index is 1080. The van der Waals surface area contributed by atoms with E-state index in [1.54, 1.807) is 0 Å². The summed E-state index contributed by atoms with van der Waals surface area (Å²) < 4.78 is 5.97. The number of hydrogen-bond donors (Lipinski definition) is 1. The number of nitrogens with zero attached hydrogens (tertiary/aromatic N) is 3. The molecular formula is C29H40N4O. The largest absolute Gasteiger partial charge is 0.372 e. The molecule has 0 radical (unpaired) electrons. The number of aryl methyl sites for hydroxylation is 1. The molecular weight excluding hydrogens is 420 g/mol. The zero-order valence-corrected chi connectivity index (χ0v) is 21.1. The predicted molar refractivity (Wildman–Crippen MR) is 143 cm³/mol. The normalized spacial score (nSPS) is 22.3. The van der Waals surface area contributed by atoms with Crippen LogP contribution in [0.3, 0.4) is 0 Å². The predicted octanol–water partition coefficient (Wildman–Crippen LogP) is 5.23. The van der Waals surface area contributed by atoms with Crippen LogP contribution < -0.4 is 9.80 Å². The molecule has 3 heterocycles. The van der Waals surface area contributed by atoms with E-state index >= 15 is 0 Å². The fourth-order valence-electron chi connectivity index (χ4n) is 5.94. The van der Waals surface area contributed by atoms with Gasteiger partial charge in [-0.25, -0.2) is 0 Å². The Balaban J connectivity index is 1.18. The molecule has 2 aliphatic heterocycles. The number of ether oxygens (including phenoxy) is 1. The van der Waals surface area contributed by atoms with Gasteiger partial charge < -0.3 is 24.4 Å². The molecule has 5 nitrogen and oxygen atoms in total. The lowest BCUT2D eigenvalue weighted by molar-refractivity contribution is -0.00524. The second-order valence-electron chi connectivity index (χ2n) is 10.2. The van der Waals surface area contributed by atoms with Crippen LogP contribution in [0.4, 0.5) is 11.4 Å². The summed E-state index contributed by atoms with van der Waals surface area (Å²) in [6.45, 7) is 14.4. The highest BCUT2D eigenvalue weighted by atomic mass is 16.5. The maximum atomic E-state index is 5.97. The lowest BCUT2D eigenvalue weighted by atomic mass is 10.1. The third kappa shape index (κ3) is 5.11. The van der Waals surface area contributed by atoms with Gasteiger partial charge >= 0.3 is 0 Å². The van der Waals surface area contributed by atoms with Crippen molar-refractivity contribution in [3.63, 3.8) is 0 Å². The fraction of sp³-hybridized carbons (Fsp3) is 0.517. The highest BCUT2D eigenvalue weighted by Crippen LogP contribution is 2.32. The standard InChI is InChI=1S/C29H40N4O/c1-22-20-33(21-23(2)34-22)29-13-6-12-28(24(29)3)32-16-8-15-31(17-18-32)14-7-9-25-19-30-27-11-5-4-10-26(25)27/h4-6,10-13,19,22-23,30H,7-9,14-18,20-21H2,1-3H3. The summed E-state index contributed by atoms with van der Waals surface area (Å²) in [5, 5.41) is 1.38. The van der Waals surface area contributed by atoms with Gasteiger partial charge in [-0.3, -0.25) is 0 Å². The van der Waals surface area contributed by atoms with Crippen molar-refractivity contribution in [3.8, 4) is 0 Å². The van der Waals surface area contributed by atoms with Crippen molar-refractivity contribution in [1.82, 2.24) is 9.88 Å². The van der Waals surface area contributed by atoms with Crippen LogP contribution in [0.2, 0.25) is 0 Å². The Hall–Kier alpha value is -2.50. The second-order valence-corrected chi connectivity index (χ2v) is 10.2. The molecule has 5 heteroatoms. The molecule has 1 aromatic heterocycles. The molecule has 2 saturated heterocycles. The molecule has 1 N–H and O–H groups in total. The van der Waals surface area contributed by atoms with Gasteiger partial charge in [0.05, 0.1) is 12.2 Å². The first-order valence-electron chi connectivity index (χ1n) is 13.1. The van der Waals surface area contributed by atoms with Crippen LogP contribution in [0, 0.1) is 6.92 Å². The second kappa shape index (κ2) is 10.4. The van der Waals surface area contributed by atoms with Crippen molar-refractivity contribution in [2.75, 3.05) is 55.6 Å². The Morgan fingerprint density at radius 3 is 2.47 bits per heavy atom. The molecule has 3 aromatic rings. The Kier molecular flexibility index (Phi) is 7.12. The van der Waals surface area contributed by atoms with Gasteiger partial charge in [-0.1, -0.05) is 24.3 Å². The van der Waals surface area contributed by atoms with Crippen LogP contribution in [-0.4, -0.2) is 67.9 Å². The number of aromatic amines is 1. The molecule has 2 fully saturated rings. The van der Waals surface area contributed by atoms with Crippen molar-refractivity contribution in [1.29, 1.82) is 0 Å². The van der Waals surface area contributed by atoms with E-state index in [-0.39, 0.29) is 12.2 Å². The summed E-state index contributed by atoms with van der Waals surface area (Å²) in [4.78, 5) is 11.2. The number of para-hydroxylation sites is 1. The quantitative estimate of drug-likeness (QED) is 0.546. The summed E-state index contributed by atoms with van der Waals surface area (Å²) in [6.07, 6.45) is 6.33. The molecule has 0 saturated carbocycles. The van der Waals surface area contributed by atoms with Gasteiger partial charge in [0.25, 0.3) is 0 Å². The van der Waals surface area contributed by atoms with E-state index in [0.717, 1.165) is 39.1 Å². The van der Waals surface area contributed by atoms with E-state index in [1.165, 1.54) is 59.3 Å². The average Bonchev–Trinajstić information content (AvgIpc) is 3.08. The molecule has 2 aromatic carbocycles. The van der Waals surface area contributed by atoms with Gasteiger partial charge in [-0.2, -0.15) is 0 Å². The smallest absolute Gasteiger partial charge is 0.0726 e. The number of benzene rings is 2. The number of morpholine rings is 1. The Labute approximate surface area is 204 Å². The van der Waals surface area contributed by atoms with Crippen molar-refractivity contribution in [3.05, 3.63) is 59.8 Å². The molecule has 2 aliphatic rings. The van der Waals surface area contributed by atoms with E-state index in [9.17, 15) is 0 Å². The molecule has 2 atom stereocenters. The van der Waals surface area contributed by atoms with Crippen molar-refractivity contribution in [2.24, 2.45) is 0 Å². The van der Waals surface area contributed by atoms with Gasteiger partial charge in [0, 0.05) is 61.2 Å². The minimum atomic E-state index is 0.280. The van der Waals surface area contributed by atoms with Crippen LogP contribution in [0.5, 0.6) is 0 Å². The maximum Gasteiger partial charge on any atom is 0.0726 e. The Morgan fingerprint density at radius 1 is 0.882 bits per heavy atom. The van der Waals surface area contributed by atoms with Gasteiger partial charge in [-0.15, -0.1) is 0 Å². The summed E-state index contributed by atoms with van der Waals surface area (Å²) in [5.74, 6) is 0. The molecule has 2 unspecified atom stereocenters. The summed E-state index contributed by atoms with van der Waals surface area (Å²) in [7, 11) is 0. The van der Waals surface area contributed by atoms with Crippen molar-refractivity contribution >= 4 is 22.3 Å². The Morgan fingerprint density at radius 2 is 1.65 bits per heavy atom. The van der Waals surface area contributed by atoms with Crippen LogP contribution in [0.25, 0.3) is 10.9 Å². The molecule has 0 aliphatic carbocycles. The van der Waals surface area contributed by atoms with E-state index in [2.05, 4.69) is 89.1 Å². The van der Waals surface area contributed by atoms with Gasteiger partial charge in [0.15, 0.2) is 0 Å². The monoisotopic (exact) mass is 460 g/mol. The molecule has 34 heavy (non-hydrogen) atoms. The number of aromatic nitrogens is 1. The first-order chi connectivity index (χ1) is 16.6. The number of fused-ring (bicyclic) bond motifs is 1. The SMILES string of the molecule is Cc1c(N2CCCN(CCCc3c[nH]c4ccccc34)CC2)cccc1N1CC(C)OC(C)C1. The number of hydrogen-bond acceptors (Lipinski definition) is 4. The fourth-order valence-corrected chi connectivity index (χ4v) is 5.94.